The molecular weight excluding hydrogens is 320 g/mol. The van der Waals surface area contributed by atoms with Gasteiger partial charge in [-0.05, 0) is 68.8 Å². The van der Waals surface area contributed by atoms with Gasteiger partial charge >= 0.3 is 0 Å². The third-order valence-corrected chi connectivity index (χ3v) is 7.82. The second kappa shape index (κ2) is 5.83. The van der Waals surface area contributed by atoms with Crippen LogP contribution in [-0.2, 0) is 9.59 Å². The predicted octanol–water partition coefficient (Wildman–Crippen LogP) is 5.07. The van der Waals surface area contributed by atoms with E-state index in [1.165, 1.54) is 18.4 Å². The van der Waals surface area contributed by atoms with Gasteiger partial charge in [-0.3, -0.25) is 9.59 Å². The Labute approximate surface area is 151 Å². The number of fused-ring (bicyclic) bond motifs is 5. The van der Waals surface area contributed by atoms with Gasteiger partial charge in [0.1, 0.15) is 5.78 Å². The van der Waals surface area contributed by atoms with Gasteiger partial charge in [0.25, 0.3) is 0 Å². The van der Waals surface area contributed by atoms with Crippen molar-refractivity contribution < 1.29 is 9.59 Å². The first kappa shape index (κ1) is 17.9. The van der Waals surface area contributed by atoms with Crippen LogP contribution < -0.4 is 0 Å². The van der Waals surface area contributed by atoms with Gasteiger partial charge in [-0.1, -0.05) is 31.1 Å². The maximum atomic E-state index is 12.1. The van der Waals surface area contributed by atoms with E-state index in [9.17, 15) is 9.59 Å². The van der Waals surface area contributed by atoms with Crippen molar-refractivity contribution in [3.63, 3.8) is 0 Å². The lowest BCUT2D eigenvalue weighted by Crippen LogP contribution is -2.45. The van der Waals surface area contributed by atoms with Gasteiger partial charge in [-0.25, -0.2) is 0 Å². The topological polar surface area (TPSA) is 34.1 Å². The van der Waals surface area contributed by atoms with E-state index in [1.807, 2.05) is 6.08 Å². The number of carbonyl (C=O) groups is 2. The highest BCUT2D eigenvalue weighted by Crippen LogP contribution is 2.64. The van der Waals surface area contributed by atoms with Crippen LogP contribution in [-0.4, -0.2) is 11.6 Å². The van der Waals surface area contributed by atoms with Crippen LogP contribution in [0.15, 0.2) is 23.3 Å². The van der Waals surface area contributed by atoms with E-state index in [0.29, 0.717) is 29.8 Å². The van der Waals surface area contributed by atoms with Crippen molar-refractivity contribution in [1.82, 2.24) is 0 Å². The maximum Gasteiger partial charge on any atom is 0.155 e. The highest BCUT2D eigenvalue weighted by molar-refractivity contribution is 5.92. The largest absolute Gasteiger partial charge is 0.300 e. The fourth-order valence-corrected chi connectivity index (χ4v) is 6.52. The number of ketones is 2. The maximum absolute atomic E-state index is 12.1. The number of halogens is 1. The summed E-state index contributed by atoms with van der Waals surface area (Å²) in [6.45, 7) is 6.51. The number of carbonyl (C=O) groups excluding carboxylic acids is 2. The standard InChI is InChI=1S/C21H28O2.ClH/c1-13(22)17-6-7-18-16-5-4-14-12-15(23)8-10-20(14,2)19(16)9-11-21(17,18)3;/h9,12,16-18H,4-8,10-11H2,1-3H3;1H/t16-,17+,18-,20-,21+;/m0./s1. The van der Waals surface area contributed by atoms with Crippen molar-refractivity contribution in [1.29, 1.82) is 0 Å². The summed E-state index contributed by atoms with van der Waals surface area (Å²) in [5.41, 5.74) is 3.27. The molecule has 0 unspecified atom stereocenters. The number of allylic oxidation sites excluding steroid dienone is 4. The molecule has 0 saturated heterocycles. The van der Waals surface area contributed by atoms with Gasteiger partial charge in [-0.15, -0.1) is 12.4 Å². The molecule has 0 aromatic carbocycles. The van der Waals surface area contributed by atoms with Gasteiger partial charge in [0.2, 0.25) is 0 Å². The van der Waals surface area contributed by atoms with E-state index in [4.69, 9.17) is 0 Å². The molecule has 2 fully saturated rings. The summed E-state index contributed by atoms with van der Waals surface area (Å²) in [4.78, 5) is 24.0. The SMILES string of the molecule is CC(=O)[C@H]1CC[C@H]2[C@@H]3CCC4=CC(=O)CC[C@]4(C)C3=CC[C@]12C.Cl. The molecule has 0 spiro atoms. The number of hydrogen-bond acceptors (Lipinski definition) is 2. The van der Waals surface area contributed by atoms with Crippen LogP contribution in [0.2, 0.25) is 0 Å². The molecule has 4 aliphatic carbocycles. The minimum absolute atomic E-state index is 0. The first-order chi connectivity index (χ1) is 10.9. The Morgan fingerprint density at radius 3 is 2.62 bits per heavy atom. The van der Waals surface area contributed by atoms with E-state index < -0.39 is 0 Å². The van der Waals surface area contributed by atoms with Crippen molar-refractivity contribution in [3.8, 4) is 0 Å². The Bertz CT molecular complexity index is 646. The lowest BCUT2D eigenvalue weighted by molar-refractivity contribution is -0.124. The summed E-state index contributed by atoms with van der Waals surface area (Å²) in [5, 5.41) is 0. The molecule has 132 valence electrons. The molecule has 3 heteroatoms. The molecule has 4 rings (SSSR count). The second-order valence-electron chi connectivity index (χ2n) is 8.83. The van der Waals surface area contributed by atoms with Gasteiger partial charge in [0.15, 0.2) is 5.78 Å². The summed E-state index contributed by atoms with van der Waals surface area (Å²) in [7, 11) is 0. The molecular formula is C21H29ClO2. The first-order valence-corrected chi connectivity index (χ1v) is 9.31. The smallest absolute Gasteiger partial charge is 0.155 e. The third kappa shape index (κ3) is 2.29. The normalized spacial score (nSPS) is 43.6. The highest BCUT2D eigenvalue weighted by Gasteiger charge is 2.56. The quantitative estimate of drug-likeness (QED) is 0.620. The molecule has 0 aromatic heterocycles. The fourth-order valence-electron chi connectivity index (χ4n) is 6.52. The van der Waals surface area contributed by atoms with Crippen LogP contribution in [0.25, 0.3) is 0 Å². The second-order valence-corrected chi connectivity index (χ2v) is 8.83. The summed E-state index contributed by atoms with van der Waals surface area (Å²) in [6, 6.07) is 0. The van der Waals surface area contributed by atoms with Crippen LogP contribution in [0.4, 0.5) is 0 Å². The van der Waals surface area contributed by atoms with Gasteiger partial charge in [0, 0.05) is 17.8 Å². The summed E-state index contributed by atoms with van der Waals surface area (Å²) < 4.78 is 0. The summed E-state index contributed by atoms with van der Waals surface area (Å²) in [6.07, 6.45) is 11.7. The molecule has 24 heavy (non-hydrogen) atoms. The van der Waals surface area contributed by atoms with Crippen molar-refractivity contribution in [2.45, 2.75) is 65.7 Å². The number of rotatable bonds is 1. The van der Waals surface area contributed by atoms with Gasteiger partial charge in [0.05, 0.1) is 0 Å². The van der Waals surface area contributed by atoms with E-state index in [-0.39, 0.29) is 29.2 Å². The van der Waals surface area contributed by atoms with Crippen molar-refractivity contribution in [2.24, 2.45) is 28.6 Å². The van der Waals surface area contributed by atoms with E-state index in [0.717, 1.165) is 25.7 Å². The highest BCUT2D eigenvalue weighted by atomic mass is 35.5. The average molecular weight is 349 g/mol. The van der Waals surface area contributed by atoms with Crippen LogP contribution in [0.1, 0.15) is 65.7 Å². The van der Waals surface area contributed by atoms with Crippen molar-refractivity contribution in [2.75, 3.05) is 0 Å². The first-order valence-electron chi connectivity index (χ1n) is 9.31. The lowest BCUT2D eigenvalue weighted by Gasteiger charge is -2.53. The minimum atomic E-state index is 0. The van der Waals surface area contributed by atoms with E-state index >= 15 is 0 Å². The average Bonchev–Trinajstić information content (AvgIpc) is 2.85. The molecule has 2 saturated carbocycles. The Balaban J connectivity index is 0.00000169. The fraction of sp³-hybridized carbons (Fsp3) is 0.714. The molecule has 0 aliphatic heterocycles. The van der Waals surface area contributed by atoms with Crippen LogP contribution >= 0.6 is 12.4 Å². The molecule has 0 amide bonds. The predicted molar refractivity (Wildman–Crippen MR) is 98.1 cm³/mol. The Morgan fingerprint density at radius 1 is 1.17 bits per heavy atom. The molecule has 0 heterocycles. The Kier molecular flexibility index (Phi) is 4.35. The molecule has 0 aromatic rings. The molecule has 5 atom stereocenters. The Morgan fingerprint density at radius 2 is 1.92 bits per heavy atom. The molecule has 0 N–H and O–H groups in total. The van der Waals surface area contributed by atoms with Crippen molar-refractivity contribution >= 4 is 24.0 Å². The van der Waals surface area contributed by atoms with E-state index in [2.05, 4.69) is 19.9 Å². The van der Waals surface area contributed by atoms with Gasteiger partial charge in [-0.2, -0.15) is 0 Å². The third-order valence-electron chi connectivity index (χ3n) is 7.82. The minimum Gasteiger partial charge on any atom is -0.300 e. The molecule has 4 aliphatic rings. The van der Waals surface area contributed by atoms with Crippen LogP contribution in [0, 0.1) is 28.6 Å². The zero-order valence-electron chi connectivity index (χ0n) is 15.1. The van der Waals surface area contributed by atoms with Crippen molar-refractivity contribution in [3.05, 3.63) is 23.3 Å². The zero-order chi connectivity index (χ0) is 16.4. The number of Topliss-reactive ketones (excluding diaryl/α,β-unsaturated/α-hetero) is 1. The molecule has 0 radical (unpaired) electrons. The molecule has 0 bridgehead atoms. The zero-order valence-corrected chi connectivity index (χ0v) is 15.9. The van der Waals surface area contributed by atoms with Crippen LogP contribution in [0.5, 0.6) is 0 Å². The summed E-state index contributed by atoms with van der Waals surface area (Å²) in [5.74, 6) is 2.25. The lowest BCUT2D eigenvalue weighted by atomic mass is 9.51. The van der Waals surface area contributed by atoms with Gasteiger partial charge < -0.3 is 0 Å². The number of hydrogen-bond donors (Lipinski definition) is 0. The van der Waals surface area contributed by atoms with E-state index in [1.54, 1.807) is 12.5 Å². The summed E-state index contributed by atoms with van der Waals surface area (Å²) >= 11 is 0. The van der Waals surface area contributed by atoms with Crippen LogP contribution in [0.3, 0.4) is 0 Å². The monoisotopic (exact) mass is 348 g/mol. The molecule has 2 nitrogen and oxygen atoms in total. The Hall–Kier alpha value is -0.890.